The number of fused-ring (bicyclic) bond motifs is 1. The Labute approximate surface area is 164 Å². The molecule has 1 amide bonds. The summed E-state index contributed by atoms with van der Waals surface area (Å²) in [7, 11) is -3.55. The highest BCUT2D eigenvalue weighted by Gasteiger charge is 2.35. The molecule has 2 aromatic rings. The Kier molecular flexibility index (Phi) is 4.97. The highest BCUT2D eigenvalue weighted by Crippen LogP contribution is 2.32. The number of para-hydroxylation sites is 1. The number of carbonyl (C=O) groups is 1. The summed E-state index contributed by atoms with van der Waals surface area (Å²) in [6.45, 7) is 1.43. The molecule has 2 heterocycles. The minimum atomic E-state index is -3.55. The molecule has 1 saturated heterocycles. The van der Waals surface area contributed by atoms with Crippen molar-refractivity contribution in [1.82, 2.24) is 4.31 Å². The molecule has 5 nitrogen and oxygen atoms in total. The number of hydrogen-bond donors (Lipinski definition) is 0. The normalized spacial score (nSPS) is 18.5. The second kappa shape index (κ2) is 7.26. The average Bonchev–Trinajstić information content (AvgIpc) is 3.12. The Bertz CT molecular complexity index is 951. The van der Waals surface area contributed by atoms with Gasteiger partial charge in [-0.05, 0) is 55.2 Å². The van der Waals surface area contributed by atoms with E-state index in [4.69, 9.17) is 11.6 Å². The van der Waals surface area contributed by atoms with E-state index in [2.05, 4.69) is 6.07 Å². The Balaban J connectivity index is 1.43. The van der Waals surface area contributed by atoms with Crippen molar-refractivity contribution in [2.24, 2.45) is 5.92 Å². The predicted octanol–water partition coefficient (Wildman–Crippen LogP) is 3.33. The zero-order valence-electron chi connectivity index (χ0n) is 14.8. The molecule has 27 heavy (non-hydrogen) atoms. The Hall–Kier alpha value is -1.89. The SMILES string of the molecule is O=C(C1CCN(S(=O)(=O)c2ccc(Cl)cc2)CC1)N1CCc2ccccc21. The van der Waals surface area contributed by atoms with Gasteiger partial charge in [-0.15, -0.1) is 0 Å². The Morgan fingerprint density at radius 1 is 0.963 bits per heavy atom. The number of hydrogen-bond acceptors (Lipinski definition) is 3. The Morgan fingerprint density at radius 2 is 1.63 bits per heavy atom. The number of piperidine rings is 1. The number of carbonyl (C=O) groups excluding carboxylic acids is 1. The van der Waals surface area contributed by atoms with Crippen LogP contribution in [0.4, 0.5) is 5.69 Å². The lowest BCUT2D eigenvalue weighted by atomic mass is 9.96. The van der Waals surface area contributed by atoms with Gasteiger partial charge in [-0.2, -0.15) is 4.31 Å². The molecule has 0 bridgehead atoms. The molecule has 0 N–H and O–H groups in total. The molecule has 142 valence electrons. The van der Waals surface area contributed by atoms with Gasteiger partial charge in [-0.1, -0.05) is 29.8 Å². The van der Waals surface area contributed by atoms with E-state index in [9.17, 15) is 13.2 Å². The van der Waals surface area contributed by atoms with E-state index in [1.807, 2.05) is 23.1 Å². The van der Waals surface area contributed by atoms with Crippen LogP contribution < -0.4 is 4.90 Å². The lowest BCUT2D eigenvalue weighted by Crippen LogP contribution is -2.44. The Morgan fingerprint density at radius 3 is 2.33 bits per heavy atom. The summed E-state index contributed by atoms with van der Waals surface area (Å²) in [5.41, 5.74) is 2.20. The molecule has 7 heteroatoms. The van der Waals surface area contributed by atoms with Gasteiger partial charge in [-0.3, -0.25) is 4.79 Å². The van der Waals surface area contributed by atoms with Crippen LogP contribution in [0, 0.1) is 5.92 Å². The van der Waals surface area contributed by atoms with E-state index in [1.165, 1.54) is 22.0 Å². The first-order valence-corrected chi connectivity index (χ1v) is 10.9. The van der Waals surface area contributed by atoms with Crippen molar-refractivity contribution in [2.75, 3.05) is 24.5 Å². The van der Waals surface area contributed by atoms with Crippen molar-refractivity contribution in [3.63, 3.8) is 0 Å². The number of amides is 1. The number of sulfonamides is 1. The molecule has 0 atom stereocenters. The van der Waals surface area contributed by atoms with Crippen LogP contribution in [0.25, 0.3) is 0 Å². The first-order valence-electron chi connectivity index (χ1n) is 9.12. The fraction of sp³-hybridized carbons (Fsp3) is 0.350. The fourth-order valence-electron chi connectivity index (χ4n) is 3.89. The first-order chi connectivity index (χ1) is 13.0. The highest BCUT2D eigenvalue weighted by molar-refractivity contribution is 7.89. The molecule has 4 rings (SSSR count). The second-order valence-electron chi connectivity index (χ2n) is 7.00. The molecule has 0 aromatic heterocycles. The molecule has 2 aliphatic rings. The van der Waals surface area contributed by atoms with Crippen molar-refractivity contribution in [2.45, 2.75) is 24.2 Å². The largest absolute Gasteiger partial charge is 0.312 e. The van der Waals surface area contributed by atoms with Gasteiger partial charge in [0.25, 0.3) is 0 Å². The zero-order valence-corrected chi connectivity index (χ0v) is 16.4. The van der Waals surface area contributed by atoms with Gasteiger partial charge < -0.3 is 4.90 Å². The van der Waals surface area contributed by atoms with Crippen LogP contribution in [0.2, 0.25) is 5.02 Å². The van der Waals surface area contributed by atoms with Gasteiger partial charge in [0.1, 0.15) is 0 Å². The van der Waals surface area contributed by atoms with Crippen LogP contribution in [-0.2, 0) is 21.2 Å². The van der Waals surface area contributed by atoms with Gasteiger partial charge >= 0.3 is 0 Å². The predicted molar refractivity (Wildman–Crippen MR) is 105 cm³/mol. The summed E-state index contributed by atoms with van der Waals surface area (Å²) in [4.78, 5) is 15.1. The molecular formula is C20H21ClN2O3S. The van der Waals surface area contributed by atoms with Crippen LogP contribution in [0.3, 0.4) is 0 Å². The molecule has 2 aromatic carbocycles. The number of rotatable bonds is 3. The maximum Gasteiger partial charge on any atom is 0.243 e. The van der Waals surface area contributed by atoms with Gasteiger partial charge in [0.15, 0.2) is 0 Å². The average molecular weight is 405 g/mol. The topological polar surface area (TPSA) is 57.7 Å². The van der Waals surface area contributed by atoms with Crippen molar-refractivity contribution >= 4 is 33.2 Å². The molecule has 0 aliphatic carbocycles. The fourth-order valence-corrected chi connectivity index (χ4v) is 5.48. The molecule has 0 saturated carbocycles. The summed E-state index contributed by atoms with van der Waals surface area (Å²) in [5.74, 6) is -0.0173. The van der Waals surface area contributed by atoms with Gasteiger partial charge in [0, 0.05) is 36.3 Å². The van der Waals surface area contributed by atoms with E-state index in [-0.39, 0.29) is 16.7 Å². The standard InChI is InChI=1S/C20H21ClN2O3S/c21-17-5-7-18(8-6-17)27(25,26)22-12-9-16(10-13-22)20(24)23-14-11-15-3-1-2-4-19(15)23/h1-8,16H,9-14H2. The minimum Gasteiger partial charge on any atom is -0.312 e. The van der Waals surface area contributed by atoms with E-state index in [0.717, 1.165) is 12.1 Å². The summed E-state index contributed by atoms with van der Waals surface area (Å²) in [6.07, 6.45) is 1.97. The summed E-state index contributed by atoms with van der Waals surface area (Å²) in [6, 6.07) is 14.2. The van der Waals surface area contributed by atoms with Crippen molar-refractivity contribution in [3.8, 4) is 0 Å². The van der Waals surface area contributed by atoms with E-state index < -0.39 is 10.0 Å². The number of halogens is 1. The van der Waals surface area contributed by atoms with Gasteiger partial charge in [0.05, 0.1) is 4.90 Å². The molecule has 0 spiro atoms. The third-order valence-corrected chi connectivity index (χ3v) is 7.57. The van der Waals surface area contributed by atoms with E-state index in [1.54, 1.807) is 12.1 Å². The maximum absolute atomic E-state index is 13.0. The van der Waals surface area contributed by atoms with Gasteiger partial charge in [0.2, 0.25) is 15.9 Å². The highest BCUT2D eigenvalue weighted by atomic mass is 35.5. The second-order valence-corrected chi connectivity index (χ2v) is 9.38. The third kappa shape index (κ3) is 3.49. The van der Waals surface area contributed by atoms with E-state index in [0.29, 0.717) is 37.5 Å². The maximum atomic E-state index is 13.0. The molecule has 0 radical (unpaired) electrons. The van der Waals surface area contributed by atoms with Crippen molar-refractivity contribution in [3.05, 3.63) is 59.1 Å². The molecule has 2 aliphatic heterocycles. The quantitative estimate of drug-likeness (QED) is 0.788. The minimum absolute atomic E-state index is 0.114. The summed E-state index contributed by atoms with van der Waals surface area (Å²) < 4.78 is 27.0. The molecule has 1 fully saturated rings. The number of anilines is 1. The van der Waals surface area contributed by atoms with Crippen LogP contribution in [0.1, 0.15) is 18.4 Å². The van der Waals surface area contributed by atoms with Crippen LogP contribution in [0.5, 0.6) is 0 Å². The van der Waals surface area contributed by atoms with Crippen LogP contribution >= 0.6 is 11.6 Å². The monoisotopic (exact) mass is 404 g/mol. The third-order valence-electron chi connectivity index (χ3n) is 5.41. The molecular weight excluding hydrogens is 384 g/mol. The van der Waals surface area contributed by atoms with Crippen molar-refractivity contribution in [1.29, 1.82) is 0 Å². The summed E-state index contributed by atoms with van der Waals surface area (Å²) >= 11 is 5.85. The lowest BCUT2D eigenvalue weighted by Gasteiger charge is -2.32. The van der Waals surface area contributed by atoms with E-state index >= 15 is 0 Å². The number of benzene rings is 2. The smallest absolute Gasteiger partial charge is 0.243 e. The zero-order chi connectivity index (χ0) is 19.0. The lowest BCUT2D eigenvalue weighted by molar-refractivity contribution is -0.123. The summed E-state index contributed by atoms with van der Waals surface area (Å²) in [5, 5.41) is 0.504. The van der Waals surface area contributed by atoms with Crippen LogP contribution in [-0.4, -0.2) is 38.3 Å². The first kappa shape index (κ1) is 18.5. The van der Waals surface area contributed by atoms with Gasteiger partial charge in [-0.25, -0.2) is 8.42 Å². The van der Waals surface area contributed by atoms with Crippen molar-refractivity contribution < 1.29 is 13.2 Å². The molecule has 0 unspecified atom stereocenters. The van der Waals surface area contributed by atoms with Crippen LogP contribution in [0.15, 0.2) is 53.4 Å². The number of nitrogens with zero attached hydrogens (tertiary/aromatic N) is 2.